The summed E-state index contributed by atoms with van der Waals surface area (Å²) in [4.78, 5) is 27.8. The Kier molecular flexibility index (Phi) is 3.97. The number of esters is 1. The number of benzene rings is 1. The molecule has 1 spiro atoms. The van der Waals surface area contributed by atoms with Crippen LogP contribution >= 0.6 is 0 Å². The topological polar surface area (TPSA) is 100 Å². The highest BCUT2D eigenvalue weighted by Gasteiger charge is 2.53. The van der Waals surface area contributed by atoms with E-state index in [4.69, 9.17) is 10.5 Å². The molecule has 8 heteroatoms. The van der Waals surface area contributed by atoms with E-state index in [1.54, 1.807) is 18.2 Å². The number of nitrogens with zero attached hydrogens (tertiary/aromatic N) is 3. The highest BCUT2D eigenvalue weighted by atomic mass is 19.1. The van der Waals surface area contributed by atoms with Gasteiger partial charge in [-0.05, 0) is 37.8 Å². The third-order valence-electron chi connectivity index (χ3n) is 5.17. The molecule has 1 saturated carbocycles. The molecule has 1 unspecified atom stereocenters. The highest BCUT2D eigenvalue weighted by molar-refractivity contribution is 5.76. The van der Waals surface area contributed by atoms with Gasteiger partial charge >= 0.3 is 5.97 Å². The second-order valence-electron chi connectivity index (χ2n) is 6.90. The Hall–Kier alpha value is -2.77. The molecule has 7 nitrogen and oxygen atoms in total. The van der Waals surface area contributed by atoms with Crippen LogP contribution in [0.4, 0.5) is 4.39 Å². The van der Waals surface area contributed by atoms with Crippen LogP contribution in [0, 0.1) is 5.82 Å². The fourth-order valence-electron chi connectivity index (χ4n) is 4.07. The number of aromatic nitrogens is 3. The van der Waals surface area contributed by atoms with Gasteiger partial charge in [0, 0.05) is 0 Å². The smallest absolute Gasteiger partial charge is 0.307 e. The number of ether oxygens (including phenoxy) is 1. The van der Waals surface area contributed by atoms with Crippen LogP contribution in [-0.2, 0) is 20.7 Å². The zero-order valence-corrected chi connectivity index (χ0v) is 14.2. The van der Waals surface area contributed by atoms with Gasteiger partial charge in [0.15, 0.2) is 5.82 Å². The molecule has 2 heterocycles. The fraction of sp³-hybridized carbons (Fsp3) is 0.444. The summed E-state index contributed by atoms with van der Waals surface area (Å²) >= 11 is 0. The Labute approximate surface area is 149 Å². The Balaban J connectivity index is 1.84. The Morgan fingerprint density at radius 1 is 1.35 bits per heavy atom. The van der Waals surface area contributed by atoms with Crippen LogP contribution < -0.4 is 5.73 Å². The van der Waals surface area contributed by atoms with E-state index in [0.717, 1.165) is 25.7 Å². The molecule has 4 rings (SSSR count). The molecule has 2 N–H and O–H groups in total. The highest BCUT2D eigenvalue weighted by Crippen LogP contribution is 2.50. The van der Waals surface area contributed by atoms with Crippen LogP contribution in [0.3, 0.4) is 0 Å². The van der Waals surface area contributed by atoms with Crippen LogP contribution in [-0.4, -0.2) is 32.2 Å². The molecule has 1 aliphatic carbocycles. The van der Waals surface area contributed by atoms with Crippen LogP contribution in [0.5, 0.6) is 0 Å². The van der Waals surface area contributed by atoms with Crippen molar-refractivity contribution in [3.63, 3.8) is 0 Å². The van der Waals surface area contributed by atoms with Gasteiger partial charge in [-0.2, -0.15) is 5.10 Å². The zero-order chi connectivity index (χ0) is 18.3. The number of amides is 1. The summed E-state index contributed by atoms with van der Waals surface area (Å²) in [6, 6.07) is 6.19. The van der Waals surface area contributed by atoms with E-state index < -0.39 is 17.3 Å². The lowest BCUT2D eigenvalue weighted by Gasteiger charge is -2.28. The van der Waals surface area contributed by atoms with Crippen molar-refractivity contribution in [1.29, 1.82) is 0 Å². The molecule has 1 aromatic carbocycles. The molecule has 0 radical (unpaired) electrons. The van der Waals surface area contributed by atoms with Crippen LogP contribution in [0.25, 0.3) is 5.69 Å². The van der Waals surface area contributed by atoms with Crippen molar-refractivity contribution < 1.29 is 18.7 Å². The first-order valence-corrected chi connectivity index (χ1v) is 8.69. The average molecular weight is 358 g/mol. The van der Waals surface area contributed by atoms with Crippen molar-refractivity contribution in [2.45, 2.75) is 50.0 Å². The summed E-state index contributed by atoms with van der Waals surface area (Å²) in [6.45, 7) is 0. The summed E-state index contributed by atoms with van der Waals surface area (Å²) < 4.78 is 21.5. The van der Waals surface area contributed by atoms with E-state index in [1.807, 2.05) is 0 Å². The van der Waals surface area contributed by atoms with Gasteiger partial charge in [-0.3, -0.25) is 9.59 Å². The maximum Gasteiger partial charge on any atom is 0.307 e. The largest absolute Gasteiger partial charge is 0.458 e. The summed E-state index contributed by atoms with van der Waals surface area (Å²) in [5.41, 5.74) is 4.87. The molecule has 0 bridgehead atoms. The third-order valence-corrected chi connectivity index (χ3v) is 5.17. The lowest BCUT2D eigenvalue weighted by molar-refractivity contribution is -0.148. The molecule has 2 fully saturated rings. The van der Waals surface area contributed by atoms with Gasteiger partial charge in [0.05, 0.1) is 18.8 Å². The molecule has 2 aromatic rings. The van der Waals surface area contributed by atoms with Gasteiger partial charge in [-0.1, -0.05) is 12.1 Å². The first kappa shape index (κ1) is 16.7. The number of rotatable bonds is 4. The molecule has 1 amide bonds. The van der Waals surface area contributed by atoms with Gasteiger partial charge < -0.3 is 10.5 Å². The summed E-state index contributed by atoms with van der Waals surface area (Å²) in [7, 11) is 0. The van der Waals surface area contributed by atoms with Crippen molar-refractivity contribution in [1.82, 2.24) is 14.8 Å². The Bertz CT molecular complexity index is 873. The van der Waals surface area contributed by atoms with Crippen molar-refractivity contribution in [2.24, 2.45) is 5.73 Å². The van der Waals surface area contributed by atoms with Crippen LogP contribution in [0.15, 0.2) is 24.3 Å². The number of carbonyl (C=O) groups is 2. The number of hydrogen-bond acceptors (Lipinski definition) is 5. The molecular formula is C18H19FN4O3. The maximum absolute atomic E-state index is 14.4. The summed E-state index contributed by atoms with van der Waals surface area (Å²) in [6.07, 6.45) is 3.45. The quantitative estimate of drug-likeness (QED) is 0.840. The zero-order valence-electron chi connectivity index (χ0n) is 14.2. The van der Waals surface area contributed by atoms with E-state index in [2.05, 4.69) is 10.1 Å². The number of carbonyl (C=O) groups excluding carboxylic acids is 2. The van der Waals surface area contributed by atoms with E-state index in [-0.39, 0.29) is 36.2 Å². The number of para-hydroxylation sites is 1. The lowest BCUT2D eigenvalue weighted by Crippen LogP contribution is -2.32. The maximum atomic E-state index is 14.4. The fourth-order valence-corrected chi connectivity index (χ4v) is 4.07. The first-order valence-electron chi connectivity index (χ1n) is 8.69. The minimum atomic E-state index is -0.614. The van der Waals surface area contributed by atoms with Crippen molar-refractivity contribution >= 4 is 11.9 Å². The molecule has 136 valence electrons. The summed E-state index contributed by atoms with van der Waals surface area (Å²) in [5, 5.41) is 4.30. The van der Waals surface area contributed by atoms with Gasteiger partial charge in [0.1, 0.15) is 22.9 Å². The number of halogens is 1. The number of hydrogen-bond donors (Lipinski definition) is 1. The van der Waals surface area contributed by atoms with Crippen molar-refractivity contribution in [3.8, 4) is 5.69 Å². The third kappa shape index (κ3) is 2.75. The Morgan fingerprint density at radius 2 is 2.08 bits per heavy atom. The van der Waals surface area contributed by atoms with Crippen LogP contribution in [0.2, 0.25) is 0 Å². The molecular weight excluding hydrogens is 339 g/mol. The van der Waals surface area contributed by atoms with Crippen LogP contribution in [0.1, 0.15) is 49.7 Å². The van der Waals surface area contributed by atoms with Gasteiger partial charge in [-0.25, -0.2) is 14.1 Å². The second kappa shape index (κ2) is 6.19. The standard InChI is InChI=1S/C18H19FN4O3/c19-12-5-1-2-6-13(12)23-17(21-15(22-23)10-14(20)24)11-9-16(25)26-18(11)7-3-4-8-18/h1-2,5-6,11H,3-4,7-10H2,(H2,20,24). The second-order valence-corrected chi connectivity index (χ2v) is 6.90. The average Bonchev–Trinajstić information content (AvgIpc) is 3.28. The molecule has 1 aromatic heterocycles. The summed E-state index contributed by atoms with van der Waals surface area (Å²) in [5.74, 6) is -0.989. The van der Waals surface area contributed by atoms with E-state index in [9.17, 15) is 14.0 Å². The molecule has 1 saturated heterocycles. The minimum Gasteiger partial charge on any atom is -0.458 e. The predicted molar refractivity (Wildman–Crippen MR) is 88.9 cm³/mol. The first-order chi connectivity index (χ1) is 12.5. The predicted octanol–water partition coefficient (Wildman–Crippen LogP) is 1.78. The molecule has 26 heavy (non-hydrogen) atoms. The number of nitrogens with two attached hydrogens (primary N) is 1. The van der Waals surface area contributed by atoms with Gasteiger partial charge in [0.2, 0.25) is 5.91 Å². The van der Waals surface area contributed by atoms with E-state index in [1.165, 1.54) is 10.7 Å². The molecule has 1 atom stereocenters. The monoisotopic (exact) mass is 358 g/mol. The number of primary amides is 1. The van der Waals surface area contributed by atoms with Gasteiger partial charge in [0.25, 0.3) is 0 Å². The normalized spacial score (nSPS) is 21.3. The van der Waals surface area contributed by atoms with E-state index >= 15 is 0 Å². The lowest BCUT2D eigenvalue weighted by atomic mass is 9.85. The van der Waals surface area contributed by atoms with Gasteiger partial charge in [-0.15, -0.1) is 0 Å². The molecule has 1 aliphatic heterocycles. The van der Waals surface area contributed by atoms with Crippen molar-refractivity contribution in [3.05, 3.63) is 41.7 Å². The minimum absolute atomic E-state index is 0.150. The van der Waals surface area contributed by atoms with Crippen molar-refractivity contribution in [2.75, 3.05) is 0 Å². The van der Waals surface area contributed by atoms with E-state index in [0.29, 0.717) is 5.82 Å². The molecule has 2 aliphatic rings. The Morgan fingerprint density at radius 3 is 2.77 bits per heavy atom. The SMILES string of the molecule is NC(=O)Cc1nc(C2CC(=O)OC23CCCC3)n(-c2ccccc2F)n1.